The number of aliphatic hydroxyl groups excluding tert-OH is 2. The van der Waals surface area contributed by atoms with Crippen molar-refractivity contribution in [2.75, 3.05) is 33.4 Å². The molecule has 2 N–H and O–H groups in total. The second-order valence-electron chi connectivity index (χ2n) is 10.3. The van der Waals surface area contributed by atoms with Crippen molar-refractivity contribution in [2.45, 2.75) is 62.6 Å². The third-order valence-corrected chi connectivity index (χ3v) is 7.77. The average Bonchev–Trinajstić information content (AvgIpc) is 3.67. The number of benzene rings is 1. The largest absolute Gasteiger partial charge is 0.450 e. The fourth-order valence-corrected chi connectivity index (χ4v) is 5.58. The monoisotopic (exact) mass is 595 g/mol. The van der Waals surface area contributed by atoms with Gasteiger partial charge in [0.25, 0.3) is 0 Å². The highest BCUT2D eigenvalue weighted by atomic mass is 19.2. The molecule has 5 rings (SSSR count). The van der Waals surface area contributed by atoms with Gasteiger partial charge in [-0.1, -0.05) is 10.4 Å². The molecule has 2 aromatic heterocycles. The van der Waals surface area contributed by atoms with Crippen molar-refractivity contribution in [1.29, 1.82) is 0 Å². The molecule has 42 heavy (non-hydrogen) atoms. The molecule has 1 aromatic carbocycles. The zero-order valence-corrected chi connectivity index (χ0v) is 23.0. The fourth-order valence-electron chi connectivity index (χ4n) is 5.58. The maximum Gasteiger partial charge on any atom is 0.409 e. The van der Waals surface area contributed by atoms with E-state index >= 15 is 0 Å². The van der Waals surface area contributed by atoms with Crippen molar-refractivity contribution in [1.82, 2.24) is 25.1 Å². The Balaban J connectivity index is 1.32. The number of aromatic nitrogens is 4. The Kier molecular flexibility index (Phi) is 9.11. The smallest absolute Gasteiger partial charge is 0.409 e. The van der Waals surface area contributed by atoms with Gasteiger partial charge in [0.2, 0.25) is 0 Å². The van der Waals surface area contributed by atoms with Crippen LogP contribution < -0.4 is 0 Å². The normalized spacial score (nSPS) is 25.1. The summed E-state index contributed by atoms with van der Waals surface area (Å²) in [6.07, 6.45) is -1.39. The number of methoxy groups -OCH3 is 1. The van der Waals surface area contributed by atoms with Crippen molar-refractivity contribution < 1.29 is 46.9 Å². The first-order chi connectivity index (χ1) is 20.2. The van der Waals surface area contributed by atoms with Gasteiger partial charge >= 0.3 is 6.09 Å². The molecule has 2 fully saturated rings. The average molecular weight is 596 g/mol. The lowest BCUT2D eigenvalue weighted by Gasteiger charge is -2.43. The summed E-state index contributed by atoms with van der Waals surface area (Å²) in [5.41, 5.74) is 0.154. The highest BCUT2D eigenvalue weighted by Crippen LogP contribution is 2.35. The maximum absolute atomic E-state index is 14.4. The van der Waals surface area contributed by atoms with Crippen LogP contribution in [0.3, 0.4) is 0 Å². The standard InChI is InChI=1S/C27H32F3N5O7/c1-3-40-27(38)34-8-6-14(7-9-34)19-10-15(32-42-19)11-20-26(39-2)24(25(37)21(13-36)41-20)35-12-18(31-33-35)16-4-5-17(28)23(30)22(16)29/h4-5,10,12,14,20-21,24-26,36-37H,3,6-9,11,13H2,1-2H3/t20-,21-,24+,25+,26+/m1/s1. The number of carbonyl (C=O) groups is 1. The molecule has 2 aliphatic heterocycles. The number of halogens is 3. The summed E-state index contributed by atoms with van der Waals surface area (Å²) in [5, 5.41) is 33.1. The lowest BCUT2D eigenvalue weighted by Crippen LogP contribution is -2.57. The van der Waals surface area contributed by atoms with Crippen LogP contribution in [-0.4, -0.2) is 99.2 Å². The van der Waals surface area contributed by atoms with Gasteiger partial charge in [-0.15, -0.1) is 5.10 Å². The van der Waals surface area contributed by atoms with E-state index in [4.69, 9.17) is 18.7 Å². The van der Waals surface area contributed by atoms with E-state index in [1.54, 1.807) is 11.8 Å². The minimum absolute atomic E-state index is 0.0625. The van der Waals surface area contributed by atoms with E-state index < -0.39 is 54.5 Å². The number of ether oxygens (including phenoxy) is 3. The van der Waals surface area contributed by atoms with Crippen LogP contribution in [0.4, 0.5) is 18.0 Å². The molecule has 0 aliphatic carbocycles. The van der Waals surface area contributed by atoms with Crippen LogP contribution in [0.25, 0.3) is 11.3 Å². The van der Waals surface area contributed by atoms with E-state index in [1.165, 1.54) is 18.0 Å². The number of hydrogen-bond donors (Lipinski definition) is 2. The topological polar surface area (TPSA) is 145 Å². The minimum atomic E-state index is -1.64. The molecular formula is C27H32F3N5O7. The van der Waals surface area contributed by atoms with E-state index in [0.717, 1.165) is 12.1 Å². The lowest BCUT2D eigenvalue weighted by molar-refractivity contribution is -0.212. The number of piperidine rings is 1. The number of hydrogen-bond acceptors (Lipinski definition) is 10. The third kappa shape index (κ3) is 5.86. The van der Waals surface area contributed by atoms with E-state index in [0.29, 0.717) is 44.0 Å². The fraction of sp³-hybridized carbons (Fsp3) is 0.556. The van der Waals surface area contributed by atoms with Gasteiger partial charge in [0.1, 0.15) is 35.8 Å². The Labute approximate surface area is 238 Å². The van der Waals surface area contributed by atoms with E-state index in [2.05, 4.69) is 15.5 Å². The van der Waals surface area contributed by atoms with Crippen LogP contribution in [-0.2, 0) is 20.6 Å². The molecule has 0 spiro atoms. The van der Waals surface area contributed by atoms with Crippen molar-refractivity contribution in [3.05, 3.63) is 53.3 Å². The van der Waals surface area contributed by atoms with E-state index in [1.807, 2.05) is 6.07 Å². The van der Waals surface area contributed by atoms with Gasteiger partial charge in [0, 0.05) is 44.2 Å². The molecule has 228 valence electrons. The van der Waals surface area contributed by atoms with Crippen LogP contribution in [0, 0.1) is 17.5 Å². The van der Waals surface area contributed by atoms with Crippen LogP contribution >= 0.6 is 0 Å². The molecule has 0 unspecified atom stereocenters. The Bertz CT molecular complexity index is 1380. The molecule has 0 radical (unpaired) electrons. The third-order valence-electron chi connectivity index (χ3n) is 7.77. The molecule has 15 heteroatoms. The molecule has 2 aliphatic rings. The summed E-state index contributed by atoms with van der Waals surface area (Å²) >= 11 is 0. The van der Waals surface area contributed by atoms with Gasteiger partial charge in [0.05, 0.1) is 31.2 Å². The van der Waals surface area contributed by atoms with Crippen LogP contribution in [0.2, 0.25) is 0 Å². The molecule has 5 atom stereocenters. The van der Waals surface area contributed by atoms with Gasteiger partial charge in [-0.2, -0.15) is 0 Å². The molecule has 12 nitrogen and oxygen atoms in total. The summed E-state index contributed by atoms with van der Waals surface area (Å²) in [6, 6.07) is 2.69. The first-order valence-corrected chi connectivity index (χ1v) is 13.7. The summed E-state index contributed by atoms with van der Waals surface area (Å²) in [4.78, 5) is 13.7. The second-order valence-corrected chi connectivity index (χ2v) is 10.3. The zero-order chi connectivity index (χ0) is 30.0. The first-order valence-electron chi connectivity index (χ1n) is 13.7. The van der Waals surface area contributed by atoms with Crippen molar-refractivity contribution in [3.8, 4) is 11.3 Å². The SMILES string of the molecule is CCOC(=O)N1CCC(c2cc(C[C@H]3O[C@H](CO)[C@H](O)[C@H](n4cc(-c5ccc(F)c(F)c5F)nn4)[C@H]3OC)no2)CC1. The second kappa shape index (κ2) is 12.8. The van der Waals surface area contributed by atoms with Crippen LogP contribution in [0.5, 0.6) is 0 Å². The minimum Gasteiger partial charge on any atom is -0.450 e. The van der Waals surface area contributed by atoms with Gasteiger partial charge in [-0.05, 0) is 31.9 Å². The molecule has 1 amide bonds. The Morgan fingerprint density at radius 1 is 1.17 bits per heavy atom. The van der Waals surface area contributed by atoms with Crippen molar-refractivity contribution in [3.63, 3.8) is 0 Å². The maximum atomic E-state index is 14.4. The number of amides is 1. The molecular weight excluding hydrogens is 563 g/mol. The van der Waals surface area contributed by atoms with Gasteiger partial charge in [0.15, 0.2) is 17.5 Å². The van der Waals surface area contributed by atoms with Gasteiger partial charge in [-0.3, -0.25) is 0 Å². The molecule has 0 saturated carbocycles. The summed E-state index contributed by atoms with van der Waals surface area (Å²) < 4.78 is 65.3. The zero-order valence-electron chi connectivity index (χ0n) is 23.0. The van der Waals surface area contributed by atoms with Crippen LogP contribution in [0.1, 0.15) is 43.2 Å². The number of likely N-dealkylation sites (tertiary alicyclic amines) is 1. The lowest BCUT2D eigenvalue weighted by atomic mass is 9.89. The van der Waals surface area contributed by atoms with Gasteiger partial charge < -0.3 is 33.8 Å². The quantitative estimate of drug-likeness (QED) is 0.373. The number of nitrogens with zero attached hydrogens (tertiary/aromatic N) is 5. The predicted molar refractivity (Wildman–Crippen MR) is 138 cm³/mol. The number of aliphatic hydroxyl groups is 2. The number of carbonyl (C=O) groups excluding carboxylic acids is 1. The molecule has 0 bridgehead atoms. The molecule has 4 heterocycles. The van der Waals surface area contributed by atoms with Crippen molar-refractivity contribution >= 4 is 6.09 Å². The highest BCUT2D eigenvalue weighted by Gasteiger charge is 2.47. The molecule has 2 saturated heterocycles. The highest BCUT2D eigenvalue weighted by molar-refractivity contribution is 5.67. The number of rotatable bonds is 8. The predicted octanol–water partition coefficient (Wildman–Crippen LogP) is 2.61. The van der Waals surface area contributed by atoms with Crippen LogP contribution in [0.15, 0.2) is 28.9 Å². The van der Waals surface area contributed by atoms with E-state index in [9.17, 15) is 28.2 Å². The van der Waals surface area contributed by atoms with Crippen molar-refractivity contribution in [2.24, 2.45) is 0 Å². The van der Waals surface area contributed by atoms with Gasteiger partial charge in [-0.25, -0.2) is 22.6 Å². The first kappa shape index (κ1) is 29.9. The Hall–Kier alpha value is -3.53. The molecule has 3 aromatic rings. The Morgan fingerprint density at radius 2 is 1.93 bits per heavy atom. The Morgan fingerprint density at radius 3 is 2.62 bits per heavy atom. The summed E-state index contributed by atoms with van der Waals surface area (Å²) in [5.74, 6) is -3.66. The van der Waals surface area contributed by atoms with E-state index in [-0.39, 0.29) is 29.7 Å². The summed E-state index contributed by atoms with van der Waals surface area (Å²) in [6.45, 7) is 2.62. The summed E-state index contributed by atoms with van der Waals surface area (Å²) in [7, 11) is 1.42.